The van der Waals surface area contributed by atoms with Gasteiger partial charge in [0, 0.05) is 11.5 Å². The zero-order chi connectivity index (χ0) is 18.9. The highest BCUT2D eigenvalue weighted by Crippen LogP contribution is 2.40. The molecule has 0 bridgehead atoms. The van der Waals surface area contributed by atoms with Crippen LogP contribution < -0.4 is 21.7 Å². The van der Waals surface area contributed by atoms with Gasteiger partial charge in [-0.05, 0) is 29.1 Å². The lowest BCUT2D eigenvalue weighted by Crippen LogP contribution is -2.42. The molecule has 137 valence electrons. The highest BCUT2D eigenvalue weighted by molar-refractivity contribution is 14.1. The van der Waals surface area contributed by atoms with E-state index >= 15 is 0 Å². The van der Waals surface area contributed by atoms with E-state index in [9.17, 15) is 18.0 Å². The number of fused-ring (bicyclic) bond motifs is 1. The fourth-order valence-corrected chi connectivity index (χ4v) is 4.14. The van der Waals surface area contributed by atoms with Gasteiger partial charge in [0.2, 0.25) is 5.14 Å². The van der Waals surface area contributed by atoms with Crippen molar-refractivity contribution < 1.29 is 18.0 Å². The molecule has 0 aliphatic carbocycles. The highest BCUT2D eigenvalue weighted by Gasteiger charge is 2.34. The van der Waals surface area contributed by atoms with Crippen molar-refractivity contribution in [1.82, 2.24) is 5.32 Å². The van der Waals surface area contributed by atoms with Gasteiger partial charge in [-0.1, -0.05) is 6.07 Å². The number of carbonyl (C=O) groups is 1. The second kappa shape index (κ2) is 7.55. The summed E-state index contributed by atoms with van der Waals surface area (Å²) in [5, 5.41) is 12.1. The van der Waals surface area contributed by atoms with Crippen LogP contribution in [0.2, 0.25) is 0 Å². The van der Waals surface area contributed by atoms with Crippen molar-refractivity contribution in [3.8, 4) is 0 Å². The lowest BCUT2D eigenvalue weighted by atomic mass is 9.80. The first-order valence-electron chi connectivity index (χ1n) is 7.57. The van der Waals surface area contributed by atoms with Gasteiger partial charge in [-0.15, -0.1) is 11.3 Å². The van der Waals surface area contributed by atoms with Crippen LogP contribution in [-0.2, 0) is 0 Å². The Labute approximate surface area is 166 Å². The van der Waals surface area contributed by atoms with Crippen LogP contribution in [0.4, 0.5) is 30.2 Å². The number of hydrogen-bond acceptors (Lipinski definition) is 5. The monoisotopic (exact) mass is 493 g/mol. The van der Waals surface area contributed by atoms with Gasteiger partial charge in [0.25, 0.3) is 5.91 Å². The van der Waals surface area contributed by atoms with Gasteiger partial charge in [0.1, 0.15) is 6.54 Å². The summed E-state index contributed by atoms with van der Waals surface area (Å²) in [4.78, 5) is 12.9. The number of nitrogens with one attached hydrogen (secondary N) is 3. The van der Waals surface area contributed by atoms with Gasteiger partial charge in [0.15, 0.2) is 0 Å². The van der Waals surface area contributed by atoms with Gasteiger partial charge < -0.3 is 21.7 Å². The molecule has 26 heavy (non-hydrogen) atoms. The van der Waals surface area contributed by atoms with Crippen molar-refractivity contribution in [3.63, 3.8) is 0 Å². The van der Waals surface area contributed by atoms with E-state index in [-0.39, 0.29) is 23.1 Å². The van der Waals surface area contributed by atoms with Crippen molar-refractivity contribution in [2.45, 2.75) is 18.2 Å². The Morgan fingerprint density at radius 3 is 2.81 bits per heavy atom. The molecule has 1 aromatic heterocycles. The molecule has 2 aromatic rings. The van der Waals surface area contributed by atoms with Gasteiger partial charge in [-0.3, -0.25) is 4.79 Å². The summed E-state index contributed by atoms with van der Waals surface area (Å²) < 4.78 is 37.4. The quantitative estimate of drug-likeness (QED) is 0.292. The van der Waals surface area contributed by atoms with E-state index < -0.39 is 18.9 Å². The van der Waals surface area contributed by atoms with Crippen molar-refractivity contribution in [3.05, 3.63) is 40.1 Å². The molecule has 1 aliphatic heterocycles. The highest BCUT2D eigenvalue weighted by atomic mass is 127. The van der Waals surface area contributed by atoms with Crippen molar-refractivity contribution in [2.24, 2.45) is 0 Å². The zero-order valence-corrected chi connectivity index (χ0v) is 16.2. The molecule has 0 spiro atoms. The van der Waals surface area contributed by atoms with Gasteiger partial charge >= 0.3 is 6.18 Å². The number of anilines is 3. The number of rotatable bonds is 5. The first-order chi connectivity index (χ1) is 12.3. The minimum Gasteiger partial charge on any atom is -0.397 e. The minimum absolute atomic E-state index is 0.206. The molecule has 2 atom stereocenters. The van der Waals surface area contributed by atoms with E-state index in [1.54, 1.807) is 24.3 Å². The Hall–Kier alpha value is -1.63. The molecule has 0 fully saturated rings. The van der Waals surface area contributed by atoms with E-state index in [0.29, 0.717) is 10.6 Å². The van der Waals surface area contributed by atoms with Crippen LogP contribution in [0.5, 0.6) is 0 Å². The van der Waals surface area contributed by atoms with Crippen LogP contribution in [0.15, 0.2) is 29.6 Å². The van der Waals surface area contributed by atoms with Crippen LogP contribution in [0.25, 0.3) is 0 Å². The van der Waals surface area contributed by atoms with Crippen molar-refractivity contribution in [1.29, 1.82) is 0 Å². The molecule has 2 unspecified atom stereocenters. The number of nitrogens with two attached hydrogens (primary N) is 1. The third kappa shape index (κ3) is 4.19. The Morgan fingerprint density at radius 1 is 1.42 bits per heavy atom. The smallest absolute Gasteiger partial charge is 0.397 e. The van der Waals surface area contributed by atoms with Crippen molar-refractivity contribution in [2.75, 3.05) is 22.9 Å². The zero-order valence-electron chi connectivity index (χ0n) is 13.2. The first kappa shape index (κ1) is 19.1. The van der Waals surface area contributed by atoms with Gasteiger partial charge in [0.05, 0.1) is 22.4 Å². The predicted octanol–water partition coefficient (Wildman–Crippen LogP) is 3.58. The molecule has 1 aromatic carbocycles. The van der Waals surface area contributed by atoms with E-state index in [2.05, 4.69) is 38.3 Å². The Morgan fingerprint density at radius 2 is 2.19 bits per heavy atom. The second-order valence-electron chi connectivity index (χ2n) is 5.72. The SMILES string of the molecule is Nc1cc2c(cc1NCC(F)(F)F)C([B]I)C(NC(=O)c1cccs1)N2. The lowest BCUT2D eigenvalue weighted by molar-refractivity contribution is -0.115. The Kier molecular flexibility index (Phi) is 5.56. The minimum atomic E-state index is -4.34. The molecule has 1 amide bonds. The van der Waals surface area contributed by atoms with Crippen LogP contribution >= 0.6 is 33.7 Å². The molecule has 2 heterocycles. The van der Waals surface area contributed by atoms with E-state index in [4.69, 9.17) is 5.73 Å². The predicted molar refractivity (Wildman–Crippen MR) is 107 cm³/mol. The summed E-state index contributed by atoms with van der Waals surface area (Å²) in [6, 6.07) is 6.69. The number of halogens is 4. The maximum atomic E-state index is 12.5. The fraction of sp³-hybridized carbons (Fsp3) is 0.267. The molecular weight excluding hydrogens is 479 g/mol. The second-order valence-corrected chi connectivity index (χ2v) is 7.39. The summed E-state index contributed by atoms with van der Waals surface area (Å²) in [5.74, 6) is -0.418. The summed E-state index contributed by atoms with van der Waals surface area (Å²) in [6.07, 6.45) is -4.75. The fourth-order valence-electron chi connectivity index (χ4n) is 2.71. The normalized spacial score (nSPS) is 18.8. The van der Waals surface area contributed by atoms with Crippen LogP contribution in [0, 0.1) is 0 Å². The number of hydrogen-bond donors (Lipinski definition) is 4. The summed E-state index contributed by atoms with van der Waals surface area (Å²) in [5.41, 5.74) is 7.75. The van der Waals surface area contributed by atoms with E-state index in [1.807, 2.05) is 10.5 Å². The summed E-state index contributed by atoms with van der Waals surface area (Å²) in [7, 11) is 0. The Balaban J connectivity index is 1.79. The number of alkyl halides is 3. The maximum absolute atomic E-state index is 12.5. The molecule has 11 heteroatoms. The largest absolute Gasteiger partial charge is 0.405 e. The average Bonchev–Trinajstić information content (AvgIpc) is 3.19. The number of carbonyl (C=O) groups excluding carboxylic acids is 1. The van der Waals surface area contributed by atoms with Crippen molar-refractivity contribution >= 4 is 61.8 Å². The molecule has 3 rings (SSSR count). The maximum Gasteiger partial charge on any atom is 0.405 e. The van der Waals surface area contributed by atoms with E-state index in [0.717, 1.165) is 5.56 Å². The first-order valence-corrected chi connectivity index (χ1v) is 9.69. The summed E-state index contributed by atoms with van der Waals surface area (Å²) >= 11 is 3.40. The van der Waals surface area contributed by atoms with Crippen LogP contribution in [0.3, 0.4) is 0 Å². The van der Waals surface area contributed by atoms with E-state index in [1.165, 1.54) is 11.3 Å². The molecule has 0 saturated carbocycles. The molecule has 1 aliphatic rings. The molecule has 1 radical (unpaired) electrons. The lowest BCUT2D eigenvalue weighted by Gasteiger charge is -2.19. The summed E-state index contributed by atoms with van der Waals surface area (Å²) in [6.45, 7) is -1.17. The van der Waals surface area contributed by atoms with Gasteiger partial charge in [-0.2, -0.15) is 35.5 Å². The number of thiophene rings is 1. The molecule has 0 saturated heterocycles. The molecule has 5 nitrogen and oxygen atoms in total. The third-order valence-electron chi connectivity index (χ3n) is 3.90. The average molecular weight is 493 g/mol. The topological polar surface area (TPSA) is 79.2 Å². The van der Waals surface area contributed by atoms with Gasteiger partial charge in [-0.25, -0.2) is 0 Å². The number of amides is 1. The van der Waals surface area contributed by atoms with Crippen LogP contribution in [-0.4, -0.2) is 29.9 Å². The van der Waals surface area contributed by atoms with Crippen LogP contribution in [0.1, 0.15) is 21.1 Å². The molecular formula is C15H14BF3IN4OS. The standard InChI is InChI=1S/C15H14BF3IN4OS/c17-15(18,19)6-22-10-4-7-9(5-8(10)21)23-13(12(7)16-20)24-14(25)11-2-1-3-26-11/h1-5,12-13,22-23H,6,21H2,(H,24,25). The molecule has 5 N–H and O–H groups in total. The number of benzene rings is 1. The number of nitrogen functional groups attached to an aromatic ring is 1. The third-order valence-corrected chi connectivity index (χ3v) is 5.54. The Bertz CT molecular complexity index is 803.